The molecule has 1 saturated carbocycles. The lowest BCUT2D eigenvalue weighted by atomic mass is 10.0. The van der Waals surface area contributed by atoms with Gasteiger partial charge in [0.15, 0.2) is 0 Å². The summed E-state index contributed by atoms with van der Waals surface area (Å²) in [4.78, 5) is 14.0. The highest BCUT2D eigenvalue weighted by molar-refractivity contribution is 5.89. The zero-order valence-electron chi connectivity index (χ0n) is 12.4. The fraction of sp³-hybridized carbons (Fsp3) is 0.562. The molecule has 20 heavy (non-hydrogen) atoms. The molecule has 0 unspecified atom stereocenters. The molecule has 0 aromatic heterocycles. The van der Waals surface area contributed by atoms with E-state index in [0.717, 1.165) is 31.4 Å². The maximum absolute atomic E-state index is 12.2. The lowest BCUT2D eigenvalue weighted by Gasteiger charge is -2.22. The molecule has 1 aliphatic carbocycles. The second-order valence-electron chi connectivity index (χ2n) is 5.27. The van der Waals surface area contributed by atoms with Gasteiger partial charge >= 0.3 is 6.03 Å². The molecule has 2 amide bonds. The summed E-state index contributed by atoms with van der Waals surface area (Å²) in [6.45, 7) is 4.69. The first-order valence-electron chi connectivity index (χ1n) is 7.49. The summed E-state index contributed by atoms with van der Waals surface area (Å²) in [5, 5.41) is 12.0. The van der Waals surface area contributed by atoms with E-state index in [9.17, 15) is 4.79 Å². The van der Waals surface area contributed by atoms with Crippen LogP contribution in [0.15, 0.2) is 18.2 Å². The molecule has 4 nitrogen and oxygen atoms in total. The van der Waals surface area contributed by atoms with E-state index in [1.54, 1.807) is 4.90 Å². The largest absolute Gasteiger partial charge is 0.395 e. The number of aliphatic hydroxyl groups excluding tert-OH is 1. The minimum Gasteiger partial charge on any atom is -0.395 e. The topological polar surface area (TPSA) is 52.6 Å². The van der Waals surface area contributed by atoms with Gasteiger partial charge in [-0.1, -0.05) is 19.9 Å². The van der Waals surface area contributed by atoms with E-state index in [1.165, 1.54) is 11.1 Å². The Hall–Kier alpha value is -1.55. The van der Waals surface area contributed by atoms with E-state index < -0.39 is 0 Å². The van der Waals surface area contributed by atoms with Crippen LogP contribution in [0.25, 0.3) is 0 Å². The highest BCUT2D eigenvalue weighted by Gasteiger charge is 2.32. The van der Waals surface area contributed by atoms with E-state index in [2.05, 4.69) is 31.3 Å². The van der Waals surface area contributed by atoms with E-state index in [1.807, 2.05) is 6.07 Å². The number of anilines is 1. The Bertz CT molecular complexity index is 470. The van der Waals surface area contributed by atoms with Crippen molar-refractivity contribution in [1.82, 2.24) is 4.90 Å². The Kier molecular flexibility index (Phi) is 5.01. The zero-order chi connectivity index (χ0) is 14.5. The molecule has 0 spiro atoms. The lowest BCUT2D eigenvalue weighted by molar-refractivity contribution is 0.185. The smallest absolute Gasteiger partial charge is 0.322 e. The molecule has 0 aliphatic heterocycles. The first-order valence-corrected chi connectivity index (χ1v) is 7.49. The van der Waals surface area contributed by atoms with Gasteiger partial charge in [-0.3, -0.25) is 0 Å². The summed E-state index contributed by atoms with van der Waals surface area (Å²) in [6, 6.07) is 6.30. The first kappa shape index (κ1) is 14.9. The van der Waals surface area contributed by atoms with Crippen molar-refractivity contribution < 1.29 is 9.90 Å². The number of aliphatic hydroxyl groups is 1. The number of nitrogens with one attached hydrogen (secondary N) is 1. The number of benzene rings is 1. The van der Waals surface area contributed by atoms with Crippen molar-refractivity contribution in [2.24, 2.45) is 0 Å². The number of rotatable bonds is 6. The van der Waals surface area contributed by atoms with Gasteiger partial charge in [0.1, 0.15) is 0 Å². The normalized spacial score (nSPS) is 14.2. The van der Waals surface area contributed by atoms with E-state index in [4.69, 9.17) is 5.11 Å². The molecule has 0 heterocycles. The second kappa shape index (κ2) is 6.75. The number of nitrogens with zero attached hydrogens (tertiary/aromatic N) is 1. The molecule has 2 N–H and O–H groups in total. The van der Waals surface area contributed by atoms with Gasteiger partial charge < -0.3 is 15.3 Å². The van der Waals surface area contributed by atoms with E-state index >= 15 is 0 Å². The summed E-state index contributed by atoms with van der Waals surface area (Å²) in [5.74, 6) is 0. The number of carbonyl (C=O) groups is 1. The van der Waals surface area contributed by atoms with Gasteiger partial charge in [0.05, 0.1) is 6.61 Å². The molecule has 2 rings (SSSR count). The minimum atomic E-state index is -0.104. The second-order valence-corrected chi connectivity index (χ2v) is 5.27. The average Bonchev–Trinajstić information content (AvgIpc) is 3.28. The Labute approximate surface area is 120 Å². The summed E-state index contributed by atoms with van der Waals surface area (Å²) in [6.07, 6.45) is 4.07. The van der Waals surface area contributed by atoms with E-state index in [-0.39, 0.29) is 12.6 Å². The maximum atomic E-state index is 12.2. The molecule has 1 aromatic rings. The van der Waals surface area contributed by atoms with Gasteiger partial charge in [-0.2, -0.15) is 0 Å². The molecule has 0 atom stereocenters. The van der Waals surface area contributed by atoms with Crippen molar-refractivity contribution in [2.45, 2.75) is 45.6 Å². The predicted octanol–water partition coefficient (Wildman–Crippen LogP) is 2.80. The maximum Gasteiger partial charge on any atom is 0.322 e. The number of carbonyl (C=O) groups excluding carboxylic acids is 1. The van der Waals surface area contributed by atoms with Crippen molar-refractivity contribution >= 4 is 11.7 Å². The molecule has 1 fully saturated rings. The summed E-state index contributed by atoms with van der Waals surface area (Å²) < 4.78 is 0. The third-order valence-electron chi connectivity index (χ3n) is 3.81. The third-order valence-corrected chi connectivity index (χ3v) is 3.81. The zero-order valence-corrected chi connectivity index (χ0v) is 12.4. The van der Waals surface area contributed by atoms with Crippen LogP contribution in [0.4, 0.5) is 10.5 Å². The number of hydrogen-bond donors (Lipinski definition) is 2. The fourth-order valence-corrected chi connectivity index (χ4v) is 2.52. The molecular formula is C16H24N2O2. The van der Waals surface area contributed by atoms with Crippen LogP contribution in [-0.4, -0.2) is 35.2 Å². The third kappa shape index (κ3) is 3.51. The van der Waals surface area contributed by atoms with Gasteiger partial charge in [-0.25, -0.2) is 4.79 Å². The average molecular weight is 276 g/mol. The van der Waals surface area contributed by atoms with Crippen LogP contribution in [-0.2, 0) is 12.8 Å². The van der Waals surface area contributed by atoms with Crippen molar-refractivity contribution in [1.29, 1.82) is 0 Å². The van der Waals surface area contributed by atoms with Crippen LogP contribution in [0.3, 0.4) is 0 Å². The number of hydrogen-bond acceptors (Lipinski definition) is 2. The molecule has 4 heteroatoms. The van der Waals surface area contributed by atoms with Crippen LogP contribution >= 0.6 is 0 Å². The van der Waals surface area contributed by atoms with E-state index in [0.29, 0.717) is 12.6 Å². The number of urea groups is 1. The quantitative estimate of drug-likeness (QED) is 0.839. The first-order chi connectivity index (χ1) is 9.69. The van der Waals surface area contributed by atoms with Crippen molar-refractivity contribution in [3.63, 3.8) is 0 Å². The molecule has 0 saturated heterocycles. The summed E-state index contributed by atoms with van der Waals surface area (Å²) in [7, 11) is 0. The van der Waals surface area contributed by atoms with Gasteiger partial charge in [-0.05, 0) is 48.9 Å². The van der Waals surface area contributed by atoms with Gasteiger partial charge in [0.25, 0.3) is 0 Å². The monoisotopic (exact) mass is 276 g/mol. The van der Waals surface area contributed by atoms with Crippen molar-refractivity contribution in [2.75, 3.05) is 18.5 Å². The standard InChI is InChI=1S/C16H24N2O2/c1-3-12-5-6-14(11-13(12)4-2)17-16(20)18(9-10-19)15-7-8-15/h5-6,11,15,19H,3-4,7-10H2,1-2H3,(H,17,20). The van der Waals surface area contributed by atoms with Crippen LogP contribution in [0.2, 0.25) is 0 Å². The van der Waals surface area contributed by atoms with Crippen LogP contribution in [0.5, 0.6) is 0 Å². The van der Waals surface area contributed by atoms with Crippen LogP contribution in [0.1, 0.15) is 37.8 Å². The summed E-state index contributed by atoms with van der Waals surface area (Å²) in [5.41, 5.74) is 3.46. The Morgan fingerprint density at radius 1 is 1.30 bits per heavy atom. The Morgan fingerprint density at radius 2 is 2.00 bits per heavy atom. The SMILES string of the molecule is CCc1ccc(NC(=O)N(CCO)C2CC2)cc1CC. The molecule has 1 aromatic carbocycles. The molecule has 110 valence electrons. The Morgan fingerprint density at radius 3 is 2.55 bits per heavy atom. The Balaban J connectivity index is 2.06. The molecule has 0 radical (unpaired) electrons. The van der Waals surface area contributed by atoms with Gasteiger partial charge in [0, 0.05) is 18.3 Å². The molecular weight excluding hydrogens is 252 g/mol. The molecule has 0 bridgehead atoms. The van der Waals surface area contributed by atoms with Gasteiger partial charge in [0.2, 0.25) is 0 Å². The molecule has 1 aliphatic rings. The fourth-order valence-electron chi connectivity index (χ4n) is 2.52. The minimum absolute atomic E-state index is 0.0128. The van der Waals surface area contributed by atoms with Crippen molar-refractivity contribution in [3.05, 3.63) is 29.3 Å². The highest BCUT2D eigenvalue weighted by Crippen LogP contribution is 2.27. The number of amides is 2. The highest BCUT2D eigenvalue weighted by atomic mass is 16.3. The van der Waals surface area contributed by atoms with Gasteiger partial charge in [-0.15, -0.1) is 0 Å². The number of aryl methyl sites for hydroxylation is 2. The lowest BCUT2D eigenvalue weighted by Crippen LogP contribution is -2.38. The summed E-state index contributed by atoms with van der Waals surface area (Å²) >= 11 is 0. The predicted molar refractivity (Wildman–Crippen MR) is 81.0 cm³/mol. The van der Waals surface area contributed by atoms with Crippen molar-refractivity contribution in [3.8, 4) is 0 Å². The van der Waals surface area contributed by atoms with Crippen LogP contribution in [0, 0.1) is 0 Å². The van der Waals surface area contributed by atoms with Crippen LogP contribution < -0.4 is 5.32 Å².